The molecule has 0 radical (unpaired) electrons. The lowest BCUT2D eigenvalue weighted by Crippen LogP contribution is -2.44. The second-order valence-electron chi connectivity index (χ2n) is 6.38. The maximum Gasteiger partial charge on any atom is 0.124 e. The van der Waals surface area contributed by atoms with Gasteiger partial charge in [-0.2, -0.15) is 5.10 Å². The Kier molecular flexibility index (Phi) is 3.92. The van der Waals surface area contributed by atoms with Crippen LogP contribution in [0.2, 0.25) is 0 Å². The molecule has 0 saturated carbocycles. The predicted molar refractivity (Wildman–Crippen MR) is 74.7 cm³/mol. The van der Waals surface area contributed by atoms with Crippen LogP contribution in [0.5, 0.6) is 0 Å². The predicted octanol–water partition coefficient (Wildman–Crippen LogP) is 1.20. The third kappa shape index (κ3) is 3.46. The Morgan fingerprint density at radius 1 is 1.56 bits per heavy atom. The zero-order valence-corrected chi connectivity index (χ0v) is 11.6. The van der Waals surface area contributed by atoms with Crippen molar-refractivity contribution >= 4 is 5.82 Å². The van der Waals surface area contributed by atoms with Crippen molar-refractivity contribution in [2.75, 3.05) is 25.0 Å². The summed E-state index contributed by atoms with van der Waals surface area (Å²) in [5.41, 5.74) is 6.42. The van der Waals surface area contributed by atoms with Crippen molar-refractivity contribution in [3.63, 3.8) is 0 Å². The number of nitrogens with two attached hydrogens (primary N) is 1. The fourth-order valence-electron chi connectivity index (χ4n) is 2.29. The Labute approximate surface area is 109 Å². The SMILES string of the molecule is CC(C)(C)CC(N)CNc1ccnn1C1CNC1. The highest BCUT2D eigenvalue weighted by molar-refractivity contribution is 5.35. The molecular weight excluding hydrogens is 226 g/mol. The van der Waals surface area contributed by atoms with Crippen LogP contribution in [0.3, 0.4) is 0 Å². The van der Waals surface area contributed by atoms with Crippen molar-refractivity contribution in [1.82, 2.24) is 15.1 Å². The second-order valence-corrected chi connectivity index (χ2v) is 6.38. The Morgan fingerprint density at radius 3 is 2.83 bits per heavy atom. The van der Waals surface area contributed by atoms with E-state index in [1.807, 2.05) is 12.3 Å². The van der Waals surface area contributed by atoms with Crippen LogP contribution in [0, 0.1) is 5.41 Å². The molecule has 5 nitrogen and oxygen atoms in total. The maximum absolute atomic E-state index is 6.14. The van der Waals surface area contributed by atoms with Gasteiger partial charge in [-0.3, -0.25) is 0 Å². The van der Waals surface area contributed by atoms with Gasteiger partial charge in [-0.15, -0.1) is 0 Å². The summed E-state index contributed by atoms with van der Waals surface area (Å²) in [6.07, 6.45) is 2.86. The number of aromatic nitrogens is 2. The van der Waals surface area contributed by atoms with Gasteiger partial charge in [0.25, 0.3) is 0 Å². The molecule has 2 heterocycles. The van der Waals surface area contributed by atoms with Crippen LogP contribution in [-0.4, -0.2) is 35.5 Å². The normalized spacial score (nSPS) is 18.4. The molecule has 4 N–H and O–H groups in total. The molecule has 1 aromatic heterocycles. The van der Waals surface area contributed by atoms with Gasteiger partial charge in [0, 0.05) is 31.7 Å². The van der Waals surface area contributed by atoms with Gasteiger partial charge < -0.3 is 16.4 Å². The van der Waals surface area contributed by atoms with E-state index in [-0.39, 0.29) is 11.5 Å². The zero-order chi connectivity index (χ0) is 13.2. The van der Waals surface area contributed by atoms with Crippen LogP contribution < -0.4 is 16.4 Å². The quantitative estimate of drug-likeness (QED) is 0.735. The lowest BCUT2D eigenvalue weighted by atomic mass is 9.88. The zero-order valence-electron chi connectivity index (χ0n) is 11.6. The highest BCUT2D eigenvalue weighted by atomic mass is 15.4. The van der Waals surface area contributed by atoms with E-state index in [2.05, 4.69) is 41.2 Å². The number of nitrogens with one attached hydrogen (secondary N) is 2. The highest BCUT2D eigenvalue weighted by Gasteiger charge is 2.22. The van der Waals surface area contributed by atoms with E-state index in [0.717, 1.165) is 31.9 Å². The number of hydrogen-bond donors (Lipinski definition) is 3. The van der Waals surface area contributed by atoms with E-state index >= 15 is 0 Å². The fourth-order valence-corrected chi connectivity index (χ4v) is 2.29. The largest absolute Gasteiger partial charge is 0.369 e. The fraction of sp³-hybridized carbons (Fsp3) is 0.769. The summed E-state index contributed by atoms with van der Waals surface area (Å²) in [5, 5.41) is 11.0. The lowest BCUT2D eigenvalue weighted by Gasteiger charge is -2.29. The first-order chi connectivity index (χ1) is 8.46. The van der Waals surface area contributed by atoms with E-state index < -0.39 is 0 Å². The molecule has 0 amide bonds. The van der Waals surface area contributed by atoms with Gasteiger partial charge in [0.05, 0.1) is 12.2 Å². The molecule has 1 fully saturated rings. The molecule has 5 heteroatoms. The molecule has 1 aliphatic rings. The van der Waals surface area contributed by atoms with E-state index in [4.69, 9.17) is 5.73 Å². The number of hydrogen-bond acceptors (Lipinski definition) is 4. The molecule has 0 aliphatic carbocycles. The Balaban J connectivity index is 1.84. The van der Waals surface area contributed by atoms with E-state index in [1.54, 1.807) is 0 Å². The molecule has 1 unspecified atom stereocenters. The molecule has 0 aromatic carbocycles. The van der Waals surface area contributed by atoms with Gasteiger partial charge in [0.15, 0.2) is 0 Å². The molecule has 0 spiro atoms. The van der Waals surface area contributed by atoms with Crippen LogP contribution in [0.15, 0.2) is 12.3 Å². The molecule has 2 rings (SSSR count). The summed E-state index contributed by atoms with van der Waals surface area (Å²) in [6, 6.07) is 2.68. The second kappa shape index (κ2) is 5.28. The minimum atomic E-state index is 0.174. The van der Waals surface area contributed by atoms with Crippen LogP contribution in [0.4, 0.5) is 5.82 Å². The molecule has 1 saturated heterocycles. The summed E-state index contributed by atoms with van der Waals surface area (Å²) < 4.78 is 2.06. The van der Waals surface area contributed by atoms with Crippen molar-refractivity contribution in [3.8, 4) is 0 Å². The molecule has 0 bridgehead atoms. The van der Waals surface area contributed by atoms with Gasteiger partial charge in [-0.1, -0.05) is 20.8 Å². The summed E-state index contributed by atoms with van der Waals surface area (Å²) >= 11 is 0. The lowest BCUT2D eigenvalue weighted by molar-refractivity contribution is 0.320. The first-order valence-corrected chi connectivity index (χ1v) is 6.69. The number of nitrogens with zero attached hydrogens (tertiary/aromatic N) is 2. The molecule has 18 heavy (non-hydrogen) atoms. The Hall–Kier alpha value is -1.07. The third-order valence-electron chi connectivity index (χ3n) is 3.20. The Bertz CT molecular complexity index is 375. The van der Waals surface area contributed by atoms with Crippen LogP contribution in [0.1, 0.15) is 33.2 Å². The summed E-state index contributed by atoms with van der Waals surface area (Å²) in [6.45, 7) is 9.46. The van der Waals surface area contributed by atoms with Crippen LogP contribution >= 0.6 is 0 Å². The first kappa shape index (κ1) is 13.4. The molecule has 1 aromatic rings. The monoisotopic (exact) mass is 251 g/mol. The third-order valence-corrected chi connectivity index (χ3v) is 3.20. The van der Waals surface area contributed by atoms with Crippen LogP contribution in [-0.2, 0) is 0 Å². The smallest absolute Gasteiger partial charge is 0.124 e. The highest BCUT2D eigenvalue weighted by Crippen LogP contribution is 2.21. The standard InChI is InChI=1S/C13H25N5/c1-13(2,3)6-10(14)7-16-12-4-5-17-18(12)11-8-15-9-11/h4-5,10-11,15-16H,6-9,14H2,1-3H3. The summed E-state index contributed by atoms with van der Waals surface area (Å²) in [7, 11) is 0. The molecule has 1 aliphatic heterocycles. The molecular formula is C13H25N5. The van der Waals surface area contributed by atoms with Crippen molar-refractivity contribution in [3.05, 3.63) is 12.3 Å². The van der Waals surface area contributed by atoms with Crippen molar-refractivity contribution < 1.29 is 0 Å². The first-order valence-electron chi connectivity index (χ1n) is 6.69. The topological polar surface area (TPSA) is 67.9 Å². The van der Waals surface area contributed by atoms with Gasteiger partial charge in [-0.25, -0.2) is 4.68 Å². The summed E-state index contributed by atoms with van der Waals surface area (Å²) in [5.74, 6) is 1.07. The average Bonchev–Trinajstić information content (AvgIpc) is 2.57. The molecule has 102 valence electrons. The summed E-state index contributed by atoms with van der Waals surface area (Å²) in [4.78, 5) is 0. The average molecular weight is 251 g/mol. The van der Waals surface area contributed by atoms with E-state index in [1.165, 1.54) is 0 Å². The minimum Gasteiger partial charge on any atom is -0.369 e. The van der Waals surface area contributed by atoms with Crippen molar-refractivity contribution in [2.45, 2.75) is 39.3 Å². The van der Waals surface area contributed by atoms with E-state index in [9.17, 15) is 0 Å². The van der Waals surface area contributed by atoms with Crippen molar-refractivity contribution in [1.29, 1.82) is 0 Å². The maximum atomic E-state index is 6.14. The number of anilines is 1. The van der Waals surface area contributed by atoms with Gasteiger partial charge in [-0.05, 0) is 11.8 Å². The Morgan fingerprint density at radius 2 is 2.28 bits per heavy atom. The molecule has 1 atom stereocenters. The van der Waals surface area contributed by atoms with Gasteiger partial charge >= 0.3 is 0 Å². The minimum absolute atomic E-state index is 0.174. The van der Waals surface area contributed by atoms with Gasteiger partial charge in [0.2, 0.25) is 0 Å². The van der Waals surface area contributed by atoms with Crippen LogP contribution in [0.25, 0.3) is 0 Å². The number of rotatable bonds is 5. The van der Waals surface area contributed by atoms with Gasteiger partial charge in [0.1, 0.15) is 5.82 Å². The van der Waals surface area contributed by atoms with E-state index in [0.29, 0.717) is 6.04 Å². The van der Waals surface area contributed by atoms with Crippen molar-refractivity contribution in [2.24, 2.45) is 11.1 Å².